The minimum atomic E-state index is -5.08. The van der Waals surface area contributed by atoms with Gasteiger partial charge >= 0.3 is 12.1 Å². The van der Waals surface area contributed by atoms with Crippen LogP contribution in [0, 0.1) is 0 Å². The van der Waals surface area contributed by atoms with Crippen molar-refractivity contribution < 1.29 is 37.9 Å². The topological polar surface area (TPSA) is 116 Å². The molecule has 7 nitrogen and oxygen atoms in total. The van der Waals surface area contributed by atoms with Crippen molar-refractivity contribution in [3.8, 4) is 0 Å². The highest BCUT2D eigenvalue weighted by molar-refractivity contribution is 6.05. The Bertz CT molecular complexity index is 852. The molecule has 0 aromatic heterocycles. The Hall–Kier alpha value is -3.66. The van der Waals surface area contributed by atoms with Gasteiger partial charge in [0.1, 0.15) is 0 Å². The van der Waals surface area contributed by atoms with Gasteiger partial charge in [-0.15, -0.1) is 0 Å². The highest BCUT2D eigenvalue weighted by atomic mass is 19.4. The number of para-hydroxylation sites is 1. The van der Waals surface area contributed by atoms with E-state index in [0.29, 0.717) is 16.8 Å². The van der Waals surface area contributed by atoms with E-state index in [1.54, 1.807) is 48.5 Å². The molecular weight excluding hydrogens is 381 g/mol. The predicted molar refractivity (Wildman–Crippen MR) is 93.5 cm³/mol. The zero-order valence-corrected chi connectivity index (χ0v) is 14.1. The van der Waals surface area contributed by atoms with Gasteiger partial charge in [-0.25, -0.2) is 10.3 Å². The summed E-state index contributed by atoms with van der Waals surface area (Å²) in [5.74, 6) is -3.63. The van der Waals surface area contributed by atoms with Crippen molar-refractivity contribution in [2.45, 2.75) is 6.18 Å². The van der Waals surface area contributed by atoms with Gasteiger partial charge in [-0.1, -0.05) is 36.4 Å². The fourth-order valence-electron chi connectivity index (χ4n) is 1.74. The number of hydrogen-bond acceptors (Lipinski definition) is 4. The van der Waals surface area contributed by atoms with E-state index in [9.17, 15) is 22.8 Å². The Morgan fingerprint density at radius 1 is 0.929 bits per heavy atom. The highest BCUT2D eigenvalue weighted by Crippen LogP contribution is 2.17. The lowest BCUT2D eigenvalue weighted by Crippen LogP contribution is -2.21. The van der Waals surface area contributed by atoms with Gasteiger partial charge in [0.2, 0.25) is 0 Å². The molecule has 0 aliphatic heterocycles. The van der Waals surface area contributed by atoms with Crippen molar-refractivity contribution in [1.29, 1.82) is 0 Å². The fourth-order valence-corrected chi connectivity index (χ4v) is 1.74. The molecule has 2 aromatic rings. The maximum atomic E-state index is 12.1. The van der Waals surface area contributed by atoms with Crippen molar-refractivity contribution in [3.63, 3.8) is 0 Å². The molecule has 0 aliphatic rings. The smallest absolute Gasteiger partial charge is 0.475 e. The highest BCUT2D eigenvalue weighted by Gasteiger charge is 2.38. The Morgan fingerprint density at radius 3 is 2.00 bits per heavy atom. The zero-order chi connectivity index (χ0) is 21.2. The number of carbonyl (C=O) groups is 3. The Balaban J connectivity index is 0.000000480. The Labute approximate surface area is 157 Å². The average molecular weight is 396 g/mol. The molecule has 0 unspecified atom stereocenters. The molecule has 0 saturated heterocycles. The number of benzene rings is 2. The number of nitrogens with one attached hydrogen (secondary N) is 2. The van der Waals surface area contributed by atoms with Crippen molar-refractivity contribution >= 4 is 29.5 Å². The Kier molecular flexibility index (Phi) is 8.38. The summed E-state index contributed by atoms with van der Waals surface area (Å²) < 4.78 is 31.7. The monoisotopic (exact) mass is 396 g/mol. The van der Waals surface area contributed by atoms with Crippen LogP contribution in [0.3, 0.4) is 0 Å². The number of hydrogen-bond donors (Lipinski definition) is 4. The maximum absolute atomic E-state index is 12.1. The molecule has 0 saturated carbocycles. The largest absolute Gasteiger partial charge is 0.490 e. The standard InChI is InChI=1S/C16H14N2O3.C2HF3O2/c19-15(18-21)11-10-12-6-4-5-9-14(12)17-16(20)13-7-2-1-3-8-13;3-2(4,5)1(6)7/h1-11,21H,(H,17,20)(H,18,19);(H,6,7). The summed E-state index contributed by atoms with van der Waals surface area (Å²) in [5, 5.41) is 18.4. The second kappa shape index (κ2) is 10.5. The molecule has 10 heteroatoms. The summed E-state index contributed by atoms with van der Waals surface area (Å²) in [5.41, 5.74) is 3.29. The zero-order valence-electron chi connectivity index (χ0n) is 14.1. The molecule has 2 rings (SSSR count). The average Bonchev–Trinajstić information content (AvgIpc) is 2.67. The van der Waals surface area contributed by atoms with Crippen LogP contribution < -0.4 is 10.8 Å². The van der Waals surface area contributed by atoms with Crippen molar-refractivity contribution in [2.24, 2.45) is 0 Å². The summed E-state index contributed by atoms with van der Waals surface area (Å²) in [6.07, 6.45) is -2.40. The number of carboxylic acid groups (broad SMARTS) is 1. The molecule has 0 bridgehead atoms. The molecule has 2 aromatic carbocycles. The van der Waals surface area contributed by atoms with Crippen molar-refractivity contribution in [1.82, 2.24) is 5.48 Å². The van der Waals surface area contributed by atoms with E-state index in [1.165, 1.54) is 17.6 Å². The number of hydroxylamine groups is 1. The number of amides is 2. The van der Waals surface area contributed by atoms with Crippen molar-refractivity contribution in [2.75, 3.05) is 5.32 Å². The van der Waals surface area contributed by atoms with Crippen LogP contribution in [-0.4, -0.2) is 34.3 Å². The number of anilines is 1. The van der Waals surface area contributed by atoms with E-state index >= 15 is 0 Å². The van der Waals surface area contributed by atoms with Gasteiger partial charge in [-0.2, -0.15) is 13.2 Å². The van der Waals surface area contributed by atoms with E-state index in [4.69, 9.17) is 15.1 Å². The summed E-state index contributed by atoms with van der Waals surface area (Å²) in [6.45, 7) is 0. The number of alkyl halides is 3. The normalized spacial score (nSPS) is 10.6. The first-order valence-electron chi connectivity index (χ1n) is 7.53. The molecule has 0 heterocycles. The molecule has 28 heavy (non-hydrogen) atoms. The van der Waals surface area contributed by atoms with Crippen LogP contribution in [0.5, 0.6) is 0 Å². The first-order chi connectivity index (χ1) is 13.1. The first-order valence-corrected chi connectivity index (χ1v) is 7.53. The summed E-state index contributed by atoms with van der Waals surface area (Å²) in [7, 11) is 0. The molecule has 0 aliphatic carbocycles. The lowest BCUT2D eigenvalue weighted by Gasteiger charge is -2.08. The van der Waals surface area contributed by atoms with E-state index in [2.05, 4.69) is 5.32 Å². The van der Waals surface area contributed by atoms with E-state index in [1.807, 2.05) is 6.07 Å². The van der Waals surface area contributed by atoms with Crippen LogP contribution in [0.1, 0.15) is 15.9 Å². The van der Waals surface area contributed by atoms with E-state index in [0.717, 1.165) is 0 Å². The minimum Gasteiger partial charge on any atom is -0.475 e. The van der Waals surface area contributed by atoms with Crippen LogP contribution in [-0.2, 0) is 9.59 Å². The summed E-state index contributed by atoms with van der Waals surface area (Å²) in [6, 6.07) is 15.9. The third kappa shape index (κ3) is 7.70. The van der Waals surface area contributed by atoms with Gasteiger partial charge in [0.25, 0.3) is 11.8 Å². The molecule has 0 radical (unpaired) electrons. The second-order valence-electron chi connectivity index (χ2n) is 5.02. The van der Waals surface area contributed by atoms with Gasteiger partial charge in [-0.3, -0.25) is 14.8 Å². The number of carbonyl (C=O) groups excluding carboxylic acids is 2. The maximum Gasteiger partial charge on any atom is 0.490 e. The van der Waals surface area contributed by atoms with Gasteiger partial charge in [0.15, 0.2) is 0 Å². The van der Waals surface area contributed by atoms with Crippen LogP contribution in [0.2, 0.25) is 0 Å². The third-order valence-corrected chi connectivity index (χ3v) is 3.01. The number of carboxylic acids is 1. The lowest BCUT2D eigenvalue weighted by molar-refractivity contribution is -0.192. The van der Waals surface area contributed by atoms with Crippen LogP contribution in [0.4, 0.5) is 18.9 Å². The molecule has 2 amide bonds. The van der Waals surface area contributed by atoms with Gasteiger partial charge in [0.05, 0.1) is 0 Å². The molecule has 148 valence electrons. The van der Waals surface area contributed by atoms with Crippen LogP contribution in [0.25, 0.3) is 6.08 Å². The summed E-state index contributed by atoms with van der Waals surface area (Å²) >= 11 is 0. The first kappa shape index (κ1) is 22.4. The number of rotatable bonds is 4. The van der Waals surface area contributed by atoms with E-state index < -0.39 is 18.1 Å². The second-order valence-corrected chi connectivity index (χ2v) is 5.02. The minimum absolute atomic E-state index is 0.233. The van der Waals surface area contributed by atoms with E-state index in [-0.39, 0.29) is 5.91 Å². The van der Waals surface area contributed by atoms with Gasteiger partial charge in [0, 0.05) is 17.3 Å². The number of aliphatic carboxylic acids is 1. The molecule has 0 spiro atoms. The molecule has 0 atom stereocenters. The number of halogens is 3. The van der Waals surface area contributed by atoms with Gasteiger partial charge in [-0.05, 0) is 29.8 Å². The lowest BCUT2D eigenvalue weighted by atomic mass is 10.1. The summed E-state index contributed by atoms with van der Waals surface area (Å²) in [4.78, 5) is 32.0. The SMILES string of the molecule is O=C(C=Cc1ccccc1NC(=O)c1ccccc1)NO.O=C(O)C(F)(F)F. The molecular formula is C18H15F3N2O5. The predicted octanol–water partition coefficient (Wildman–Crippen LogP) is 3.09. The van der Waals surface area contributed by atoms with Gasteiger partial charge < -0.3 is 10.4 Å². The fraction of sp³-hybridized carbons (Fsp3) is 0.0556. The molecule has 4 N–H and O–H groups in total. The van der Waals surface area contributed by atoms with Crippen molar-refractivity contribution in [3.05, 3.63) is 71.8 Å². The molecule has 0 fully saturated rings. The van der Waals surface area contributed by atoms with Crippen LogP contribution in [0.15, 0.2) is 60.7 Å². The third-order valence-electron chi connectivity index (χ3n) is 3.01. The quantitative estimate of drug-likeness (QED) is 0.360. The Morgan fingerprint density at radius 2 is 1.46 bits per heavy atom. The van der Waals surface area contributed by atoms with Crippen LogP contribution >= 0.6 is 0 Å².